The van der Waals surface area contributed by atoms with E-state index >= 15 is 0 Å². The number of amides is 1. The van der Waals surface area contributed by atoms with Gasteiger partial charge < -0.3 is 10.2 Å². The molecule has 1 atom stereocenters. The van der Waals surface area contributed by atoms with Gasteiger partial charge in [-0.2, -0.15) is 5.10 Å². The molecular formula is C15H20N4O. The number of hydrogen-bond donors (Lipinski definition) is 1. The summed E-state index contributed by atoms with van der Waals surface area (Å²) in [6, 6.07) is 6.09. The van der Waals surface area contributed by atoms with Crippen LogP contribution in [-0.4, -0.2) is 46.6 Å². The molecule has 1 N–H and O–H groups in total. The van der Waals surface area contributed by atoms with Gasteiger partial charge in [-0.3, -0.25) is 4.79 Å². The molecule has 20 heavy (non-hydrogen) atoms. The topological polar surface area (TPSA) is 49.6 Å². The highest BCUT2D eigenvalue weighted by Gasteiger charge is 2.24. The third-order valence-electron chi connectivity index (χ3n) is 4.07. The average Bonchev–Trinajstić information content (AvgIpc) is 2.72. The van der Waals surface area contributed by atoms with Crippen LogP contribution in [0, 0.1) is 0 Å². The molecule has 0 bridgehead atoms. The summed E-state index contributed by atoms with van der Waals surface area (Å²) in [4.78, 5) is 14.6. The lowest BCUT2D eigenvalue weighted by Gasteiger charge is -2.26. The van der Waals surface area contributed by atoms with Gasteiger partial charge in [0.15, 0.2) is 0 Å². The van der Waals surface area contributed by atoms with Gasteiger partial charge in [-0.1, -0.05) is 6.07 Å². The van der Waals surface area contributed by atoms with Crippen molar-refractivity contribution < 1.29 is 4.79 Å². The zero-order valence-corrected chi connectivity index (χ0v) is 11.7. The first-order valence-corrected chi connectivity index (χ1v) is 7.17. The van der Waals surface area contributed by atoms with E-state index in [2.05, 4.69) is 10.4 Å². The minimum absolute atomic E-state index is 0.0677. The van der Waals surface area contributed by atoms with Crippen LogP contribution in [0.3, 0.4) is 0 Å². The largest absolute Gasteiger partial charge is 0.339 e. The lowest BCUT2D eigenvalue weighted by atomic mass is 10.1. The zero-order valence-electron chi connectivity index (χ0n) is 11.7. The summed E-state index contributed by atoms with van der Waals surface area (Å²) in [6.07, 6.45) is 6.73. The van der Waals surface area contributed by atoms with E-state index in [0.717, 1.165) is 37.9 Å². The maximum atomic E-state index is 12.7. The maximum absolute atomic E-state index is 12.7. The summed E-state index contributed by atoms with van der Waals surface area (Å²) in [6.45, 7) is 2.03. The lowest BCUT2D eigenvalue weighted by Crippen LogP contribution is -2.37. The van der Waals surface area contributed by atoms with Crippen molar-refractivity contribution in [2.24, 2.45) is 0 Å². The second kappa shape index (κ2) is 5.63. The Hall–Kier alpha value is -1.88. The number of pyridine rings is 1. The third-order valence-corrected chi connectivity index (χ3v) is 4.07. The summed E-state index contributed by atoms with van der Waals surface area (Å²) >= 11 is 0. The number of nitrogens with zero attached hydrogens (tertiary/aromatic N) is 3. The molecule has 0 spiro atoms. The Kier molecular flexibility index (Phi) is 3.69. The number of nitrogens with one attached hydrogen (secondary N) is 1. The van der Waals surface area contributed by atoms with Gasteiger partial charge in [0.05, 0.1) is 17.3 Å². The van der Waals surface area contributed by atoms with E-state index in [1.165, 1.54) is 0 Å². The van der Waals surface area contributed by atoms with Crippen LogP contribution >= 0.6 is 0 Å². The highest BCUT2D eigenvalue weighted by atomic mass is 16.2. The van der Waals surface area contributed by atoms with Crippen LogP contribution in [0.15, 0.2) is 30.6 Å². The minimum atomic E-state index is 0.0677. The van der Waals surface area contributed by atoms with E-state index in [1.54, 1.807) is 10.7 Å². The van der Waals surface area contributed by atoms with Crippen molar-refractivity contribution in [3.8, 4) is 0 Å². The molecule has 106 valence electrons. The van der Waals surface area contributed by atoms with E-state index in [1.807, 2.05) is 36.3 Å². The van der Waals surface area contributed by atoms with Crippen molar-refractivity contribution in [2.45, 2.75) is 25.3 Å². The molecule has 1 saturated heterocycles. The summed E-state index contributed by atoms with van der Waals surface area (Å²) in [7, 11) is 1.91. The number of hydrogen-bond acceptors (Lipinski definition) is 3. The second-order valence-corrected chi connectivity index (χ2v) is 5.34. The number of fused-ring (bicyclic) bond motifs is 1. The molecule has 5 heteroatoms. The molecule has 1 aliphatic rings. The molecule has 0 aromatic carbocycles. The van der Waals surface area contributed by atoms with Crippen molar-refractivity contribution in [1.29, 1.82) is 0 Å². The lowest BCUT2D eigenvalue weighted by molar-refractivity contribution is 0.0722. The summed E-state index contributed by atoms with van der Waals surface area (Å²) < 4.78 is 1.75. The van der Waals surface area contributed by atoms with E-state index in [9.17, 15) is 4.79 Å². The van der Waals surface area contributed by atoms with Crippen molar-refractivity contribution in [2.75, 3.05) is 20.1 Å². The predicted molar refractivity (Wildman–Crippen MR) is 77.8 cm³/mol. The first-order chi connectivity index (χ1) is 9.77. The SMILES string of the molecule is CN(C(=O)c1cnn2ccccc12)C1CCCNCC1. The Morgan fingerprint density at radius 1 is 1.40 bits per heavy atom. The molecule has 1 unspecified atom stereocenters. The summed E-state index contributed by atoms with van der Waals surface area (Å²) in [5.74, 6) is 0.0677. The maximum Gasteiger partial charge on any atom is 0.257 e. The van der Waals surface area contributed by atoms with Gasteiger partial charge in [-0.25, -0.2) is 4.52 Å². The molecule has 0 saturated carbocycles. The predicted octanol–water partition coefficient (Wildman–Crippen LogP) is 1.55. The Balaban J connectivity index is 1.84. The van der Waals surface area contributed by atoms with Gasteiger partial charge in [0.1, 0.15) is 0 Å². The molecule has 2 aromatic rings. The fourth-order valence-electron chi connectivity index (χ4n) is 2.84. The monoisotopic (exact) mass is 272 g/mol. The molecule has 3 rings (SSSR count). The van der Waals surface area contributed by atoms with Crippen molar-refractivity contribution in [3.63, 3.8) is 0 Å². The number of aromatic nitrogens is 2. The molecule has 0 aliphatic carbocycles. The highest BCUT2D eigenvalue weighted by Crippen LogP contribution is 2.17. The van der Waals surface area contributed by atoms with Gasteiger partial charge in [-0.05, 0) is 44.5 Å². The van der Waals surface area contributed by atoms with Crippen LogP contribution in [-0.2, 0) is 0 Å². The summed E-state index contributed by atoms with van der Waals surface area (Å²) in [5, 5.41) is 7.62. The smallest absolute Gasteiger partial charge is 0.257 e. The molecule has 0 radical (unpaired) electrons. The number of rotatable bonds is 2. The van der Waals surface area contributed by atoms with Gasteiger partial charge in [0.2, 0.25) is 0 Å². The van der Waals surface area contributed by atoms with Crippen LogP contribution in [0.25, 0.3) is 5.52 Å². The van der Waals surface area contributed by atoms with E-state index in [-0.39, 0.29) is 5.91 Å². The van der Waals surface area contributed by atoms with Crippen LogP contribution in [0.1, 0.15) is 29.6 Å². The van der Waals surface area contributed by atoms with Crippen molar-refractivity contribution in [1.82, 2.24) is 19.8 Å². The van der Waals surface area contributed by atoms with Gasteiger partial charge in [0, 0.05) is 19.3 Å². The molecule has 2 aromatic heterocycles. The molecular weight excluding hydrogens is 252 g/mol. The molecule has 5 nitrogen and oxygen atoms in total. The van der Waals surface area contributed by atoms with Crippen LogP contribution in [0.5, 0.6) is 0 Å². The third kappa shape index (κ3) is 2.41. The Morgan fingerprint density at radius 2 is 2.30 bits per heavy atom. The first kappa shape index (κ1) is 13.1. The molecule has 1 aliphatic heterocycles. The normalized spacial score (nSPS) is 19.8. The van der Waals surface area contributed by atoms with Crippen LogP contribution < -0.4 is 5.32 Å². The molecule has 3 heterocycles. The quantitative estimate of drug-likeness (QED) is 0.902. The Labute approximate surface area is 118 Å². The molecule has 1 fully saturated rings. The Bertz CT molecular complexity index is 599. The van der Waals surface area contributed by atoms with Gasteiger partial charge in [-0.15, -0.1) is 0 Å². The van der Waals surface area contributed by atoms with Crippen molar-refractivity contribution >= 4 is 11.4 Å². The fourth-order valence-corrected chi connectivity index (χ4v) is 2.84. The van der Waals surface area contributed by atoms with Crippen molar-refractivity contribution in [3.05, 3.63) is 36.2 Å². The highest BCUT2D eigenvalue weighted by molar-refractivity contribution is 6.00. The van der Waals surface area contributed by atoms with Gasteiger partial charge >= 0.3 is 0 Å². The van der Waals surface area contributed by atoms with Crippen LogP contribution in [0.4, 0.5) is 0 Å². The van der Waals surface area contributed by atoms with E-state index < -0.39 is 0 Å². The fraction of sp³-hybridized carbons (Fsp3) is 0.467. The zero-order chi connectivity index (χ0) is 13.9. The number of carbonyl (C=O) groups is 1. The standard InChI is InChI=1S/C15H20N4O/c1-18(12-5-4-8-16-9-7-12)15(20)13-11-17-19-10-3-2-6-14(13)19/h2-3,6,10-12,16H,4-5,7-9H2,1H3. The summed E-state index contributed by atoms with van der Waals surface area (Å²) in [5.41, 5.74) is 1.56. The average molecular weight is 272 g/mol. The first-order valence-electron chi connectivity index (χ1n) is 7.17. The van der Waals surface area contributed by atoms with Gasteiger partial charge in [0.25, 0.3) is 5.91 Å². The Morgan fingerprint density at radius 3 is 3.20 bits per heavy atom. The van der Waals surface area contributed by atoms with E-state index in [0.29, 0.717) is 11.6 Å². The van der Waals surface area contributed by atoms with Crippen LogP contribution in [0.2, 0.25) is 0 Å². The minimum Gasteiger partial charge on any atom is -0.339 e. The second-order valence-electron chi connectivity index (χ2n) is 5.34. The number of carbonyl (C=O) groups excluding carboxylic acids is 1. The molecule has 1 amide bonds. The van der Waals surface area contributed by atoms with E-state index in [4.69, 9.17) is 0 Å².